The number of piperidine rings is 1. The monoisotopic (exact) mass is 338 g/mol. The van der Waals surface area contributed by atoms with Gasteiger partial charge in [0.1, 0.15) is 0 Å². The first-order chi connectivity index (χ1) is 12.1. The zero-order chi connectivity index (χ0) is 17.6. The van der Waals surface area contributed by atoms with Crippen LogP contribution in [0, 0.1) is 0 Å². The average Bonchev–Trinajstić information content (AvgIpc) is 2.66. The van der Waals surface area contributed by atoms with E-state index in [0.29, 0.717) is 18.5 Å². The number of hydrogen-bond donors (Lipinski definition) is 2. The van der Waals surface area contributed by atoms with Crippen molar-refractivity contribution in [2.45, 2.75) is 50.3 Å². The molecule has 0 spiro atoms. The van der Waals surface area contributed by atoms with E-state index in [1.54, 1.807) is 0 Å². The van der Waals surface area contributed by atoms with Crippen LogP contribution in [-0.2, 0) is 0 Å². The number of Topliss-reactive ketones (excluding diaryl/α,β-unsaturated/α-hetero) is 1. The van der Waals surface area contributed by atoms with Gasteiger partial charge in [0.2, 0.25) is 0 Å². The Morgan fingerprint density at radius 2 is 1.64 bits per heavy atom. The number of hydrogen-bond acceptors (Lipinski definition) is 2. The van der Waals surface area contributed by atoms with Gasteiger partial charge in [0, 0.05) is 18.4 Å². The van der Waals surface area contributed by atoms with E-state index in [-0.39, 0.29) is 5.78 Å². The van der Waals surface area contributed by atoms with E-state index in [0.717, 1.165) is 36.8 Å². The lowest BCUT2D eigenvalue weighted by molar-refractivity contribution is -0.936. The molecule has 132 valence electrons. The summed E-state index contributed by atoms with van der Waals surface area (Å²) in [6, 6.07) is 20.2. The Morgan fingerprint density at radius 3 is 2.32 bits per heavy atom. The third-order valence-corrected chi connectivity index (χ3v) is 5.61. The molecule has 0 amide bonds. The maximum absolute atomic E-state index is 12.5. The molecule has 1 saturated heterocycles. The number of rotatable bonds is 6. The third-order valence-electron chi connectivity index (χ3n) is 5.61. The van der Waals surface area contributed by atoms with Crippen molar-refractivity contribution in [3.8, 4) is 0 Å². The molecule has 1 aliphatic rings. The van der Waals surface area contributed by atoms with Crippen molar-refractivity contribution in [3.05, 3.63) is 71.8 Å². The summed E-state index contributed by atoms with van der Waals surface area (Å²) in [4.78, 5) is 13.9. The van der Waals surface area contributed by atoms with Crippen LogP contribution in [0.1, 0.15) is 54.1 Å². The second kappa shape index (κ2) is 8.41. The smallest absolute Gasteiger partial charge is 0.168 e. The molecule has 0 aromatic heterocycles. The number of carbonyl (C=O) groups is 1. The number of nitrogens with one attached hydrogen (secondary N) is 1. The summed E-state index contributed by atoms with van der Waals surface area (Å²) in [7, 11) is 2.18. The first kappa shape index (κ1) is 17.8. The number of benzene rings is 2. The second-order valence-corrected chi connectivity index (χ2v) is 7.22. The van der Waals surface area contributed by atoms with E-state index in [9.17, 15) is 9.90 Å². The lowest BCUT2D eigenvalue weighted by Crippen LogP contribution is -3.17. The lowest BCUT2D eigenvalue weighted by Gasteiger charge is -2.37. The van der Waals surface area contributed by atoms with Crippen LogP contribution in [0.5, 0.6) is 0 Å². The van der Waals surface area contributed by atoms with Crippen LogP contribution in [0.2, 0.25) is 0 Å². The fraction of sp³-hybridized carbons (Fsp3) is 0.409. The highest BCUT2D eigenvalue weighted by Gasteiger charge is 2.34. The fourth-order valence-electron chi connectivity index (χ4n) is 4.01. The van der Waals surface area contributed by atoms with Crippen LogP contribution in [0.3, 0.4) is 0 Å². The molecular weight excluding hydrogens is 310 g/mol. The molecule has 2 aromatic carbocycles. The van der Waals surface area contributed by atoms with Gasteiger partial charge < -0.3 is 10.0 Å². The molecule has 0 bridgehead atoms. The van der Waals surface area contributed by atoms with Crippen LogP contribution < -0.4 is 4.90 Å². The van der Waals surface area contributed by atoms with Gasteiger partial charge in [-0.05, 0) is 18.4 Å². The van der Waals surface area contributed by atoms with E-state index < -0.39 is 6.10 Å². The van der Waals surface area contributed by atoms with Crippen LogP contribution in [-0.4, -0.2) is 30.0 Å². The van der Waals surface area contributed by atoms with E-state index in [2.05, 4.69) is 7.05 Å². The minimum absolute atomic E-state index is 0.231. The summed E-state index contributed by atoms with van der Waals surface area (Å²) in [5.41, 5.74) is 1.79. The Labute approximate surface area is 150 Å². The van der Waals surface area contributed by atoms with Gasteiger partial charge in [0.25, 0.3) is 0 Å². The zero-order valence-corrected chi connectivity index (χ0v) is 14.9. The molecule has 3 rings (SSSR count). The molecule has 2 aromatic rings. The molecule has 1 unspecified atom stereocenters. The molecule has 4 atom stereocenters. The molecule has 2 N–H and O–H groups in total. The molecule has 1 aliphatic heterocycles. The predicted octanol–water partition coefficient (Wildman–Crippen LogP) is 2.82. The highest BCUT2D eigenvalue weighted by molar-refractivity contribution is 5.96. The number of likely N-dealkylation sites (tertiary alicyclic amines) is 1. The van der Waals surface area contributed by atoms with Gasteiger partial charge in [-0.15, -0.1) is 0 Å². The number of aliphatic hydroxyl groups excluding tert-OH is 1. The minimum atomic E-state index is -0.426. The van der Waals surface area contributed by atoms with Gasteiger partial charge in [0.15, 0.2) is 5.78 Å². The van der Waals surface area contributed by atoms with Gasteiger partial charge in [0.05, 0.1) is 31.7 Å². The van der Waals surface area contributed by atoms with Crippen molar-refractivity contribution in [2.75, 3.05) is 7.05 Å². The molecule has 3 heteroatoms. The highest BCUT2D eigenvalue weighted by atomic mass is 16.3. The predicted molar refractivity (Wildman–Crippen MR) is 99.7 cm³/mol. The second-order valence-electron chi connectivity index (χ2n) is 7.22. The molecular formula is C22H28NO2+. The van der Waals surface area contributed by atoms with Gasteiger partial charge in [-0.2, -0.15) is 0 Å². The van der Waals surface area contributed by atoms with Gasteiger partial charge in [-0.3, -0.25) is 4.79 Å². The van der Waals surface area contributed by atoms with Crippen molar-refractivity contribution in [3.63, 3.8) is 0 Å². The van der Waals surface area contributed by atoms with E-state index in [1.165, 1.54) is 4.90 Å². The molecule has 0 aliphatic carbocycles. The quantitative estimate of drug-likeness (QED) is 0.795. The highest BCUT2D eigenvalue weighted by Crippen LogP contribution is 2.22. The molecule has 3 nitrogen and oxygen atoms in total. The van der Waals surface area contributed by atoms with E-state index >= 15 is 0 Å². The SMILES string of the molecule is C[NH+]1[C@H](CC(=O)c2ccccc2)CCC[C@H]1C[C@H](O)c1ccccc1. The van der Waals surface area contributed by atoms with Gasteiger partial charge in [-0.1, -0.05) is 60.7 Å². The number of carbonyl (C=O) groups excluding carboxylic acids is 1. The van der Waals surface area contributed by atoms with Crippen LogP contribution in [0.25, 0.3) is 0 Å². The lowest BCUT2D eigenvalue weighted by atomic mass is 9.88. The van der Waals surface area contributed by atoms with Crippen LogP contribution in [0.15, 0.2) is 60.7 Å². The topological polar surface area (TPSA) is 41.7 Å². The first-order valence-corrected chi connectivity index (χ1v) is 9.29. The number of quaternary nitrogens is 1. The average molecular weight is 338 g/mol. The molecule has 1 fully saturated rings. The normalized spacial score (nSPS) is 24.6. The fourth-order valence-corrected chi connectivity index (χ4v) is 4.01. The van der Waals surface area contributed by atoms with Crippen molar-refractivity contribution in [1.82, 2.24) is 0 Å². The minimum Gasteiger partial charge on any atom is -0.388 e. The van der Waals surface area contributed by atoms with E-state index in [1.807, 2.05) is 60.7 Å². The number of aliphatic hydroxyl groups is 1. The summed E-state index contributed by atoms with van der Waals surface area (Å²) >= 11 is 0. The molecule has 0 radical (unpaired) electrons. The van der Waals surface area contributed by atoms with Crippen molar-refractivity contribution in [2.24, 2.45) is 0 Å². The van der Waals surface area contributed by atoms with Gasteiger partial charge in [-0.25, -0.2) is 0 Å². The third kappa shape index (κ3) is 4.56. The van der Waals surface area contributed by atoms with Crippen molar-refractivity contribution >= 4 is 5.78 Å². The molecule has 0 saturated carbocycles. The summed E-state index contributed by atoms with van der Waals surface area (Å²) in [6.07, 6.45) is 4.26. The van der Waals surface area contributed by atoms with Crippen molar-refractivity contribution in [1.29, 1.82) is 0 Å². The summed E-state index contributed by atoms with van der Waals surface area (Å²) < 4.78 is 0. The van der Waals surface area contributed by atoms with Gasteiger partial charge >= 0.3 is 0 Å². The van der Waals surface area contributed by atoms with Crippen molar-refractivity contribution < 1.29 is 14.8 Å². The van der Waals surface area contributed by atoms with Crippen LogP contribution in [0.4, 0.5) is 0 Å². The summed E-state index contributed by atoms with van der Waals surface area (Å²) in [5.74, 6) is 0.231. The Morgan fingerprint density at radius 1 is 1.04 bits per heavy atom. The largest absolute Gasteiger partial charge is 0.388 e. The Hall–Kier alpha value is -1.97. The molecule has 25 heavy (non-hydrogen) atoms. The zero-order valence-electron chi connectivity index (χ0n) is 14.9. The number of ketones is 1. The first-order valence-electron chi connectivity index (χ1n) is 9.29. The summed E-state index contributed by atoms with van der Waals surface area (Å²) in [5, 5.41) is 10.6. The Balaban J connectivity index is 1.61. The maximum Gasteiger partial charge on any atom is 0.168 e. The molecule has 1 heterocycles. The van der Waals surface area contributed by atoms with E-state index in [4.69, 9.17) is 0 Å². The standard InChI is InChI=1S/C22H27NO2/c1-23-19(15-21(24)17-9-4-2-5-10-17)13-8-14-20(23)16-22(25)18-11-6-3-7-12-18/h2-7,9-12,19-21,24H,8,13-16H2,1H3/p+1/t19-,20-,21-/m0/s1. The maximum atomic E-state index is 12.5. The Kier molecular flexibility index (Phi) is 6.00. The Bertz CT molecular complexity index is 671. The summed E-state index contributed by atoms with van der Waals surface area (Å²) in [6.45, 7) is 0. The van der Waals surface area contributed by atoms with Crippen LogP contribution >= 0.6 is 0 Å².